The van der Waals surface area contributed by atoms with Gasteiger partial charge in [0.05, 0.1) is 11.5 Å². The molecule has 1 aromatic carbocycles. The third-order valence-corrected chi connectivity index (χ3v) is 4.30. The zero-order valence-electron chi connectivity index (χ0n) is 12.7. The van der Waals surface area contributed by atoms with Crippen LogP contribution in [0.15, 0.2) is 36.7 Å². The molecular formula is C17H19N5O. The first-order valence-electron chi connectivity index (χ1n) is 7.83. The third-order valence-electron chi connectivity index (χ3n) is 4.30. The Hall–Kier alpha value is -2.60. The van der Waals surface area contributed by atoms with E-state index in [0.717, 1.165) is 53.2 Å². The quantitative estimate of drug-likeness (QED) is 0.631. The number of nitrogens with one attached hydrogen (secondary N) is 1. The van der Waals surface area contributed by atoms with Gasteiger partial charge in [0.2, 0.25) is 0 Å². The molecule has 6 heteroatoms. The number of piperidine rings is 1. The maximum absolute atomic E-state index is 9.92. The molecule has 6 nitrogen and oxygen atoms in total. The van der Waals surface area contributed by atoms with Crippen molar-refractivity contribution in [1.29, 1.82) is 0 Å². The molecule has 1 fully saturated rings. The summed E-state index contributed by atoms with van der Waals surface area (Å²) in [5.41, 5.74) is 9.39. The number of nitrogens with two attached hydrogens (primary N) is 1. The second-order valence-electron chi connectivity index (χ2n) is 6.01. The summed E-state index contributed by atoms with van der Waals surface area (Å²) in [4.78, 5) is 14.3. The second-order valence-corrected chi connectivity index (χ2v) is 6.01. The molecule has 0 spiro atoms. The largest absolute Gasteiger partial charge is 0.399 e. The number of aliphatic hydroxyl groups is 1. The monoisotopic (exact) mass is 309 g/mol. The van der Waals surface area contributed by atoms with Gasteiger partial charge in [-0.1, -0.05) is 12.1 Å². The fourth-order valence-electron chi connectivity index (χ4n) is 3.19. The maximum Gasteiger partial charge on any atom is 0.143 e. The predicted molar refractivity (Wildman–Crippen MR) is 91.2 cm³/mol. The fourth-order valence-corrected chi connectivity index (χ4v) is 3.19. The minimum Gasteiger partial charge on any atom is -0.399 e. The number of rotatable bonds is 2. The standard InChI is InChI=1S/C17H19N5O/c18-12-4-1-3-11(7-12)15-8-14-16(21-15)19-10-20-17(14)22-6-2-5-13(23)9-22/h1,3-4,7-8,10,13,23H,2,5-6,9,18H2,(H,19,20,21). The van der Waals surface area contributed by atoms with Gasteiger partial charge in [0.1, 0.15) is 17.8 Å². The van der Waals surface area contributed by atoms with E-state index >= 15 is 0 Å². The summed E-state index contributed by atoms with van der Waals surface area (Å²) in [7, 11) is 0. The van der Waals surface area contributed by atoms with Crippen molar-refractivity contribution in [3.8, 4) is 11.3 Å². The van der Waals surface area contributed by atoms with Crippen LogP contribution in [-0.2, 0) is 0 Å². The molecule has 1 aliphatic rings. The Balaban J connectivity index is 1.78. The Morgan fingerprint density at radius 1 is 1.26 bits per heavy atom. The van der Waals surface area contributed by atoms with Crippen molar-refractivity contribution in [1.82, 2.24) is 15.0 Å². The van der Waals surface area contributed by atoms with Gasteiger partial charge < -0.3 is 20.7 Å². The van der Waals surface area contributed by atoms with Gasteiger partial charge in [-0.2, -0.15) is 0 Å². The van der Waals surface area contributed by atoms with E-state index in [1.807, 2.05) is 24.3 Å². The first-order valence-corrected chi connectivity index (χ1v) is 7.83. The number of nitrogens with zero attached hydrogens (tertiary/aromatic N) is 3. The molecule has 4 rings (SSSR count). The van der Waals surface area contributed by atoms with E-state index in [-0.39, 0.29) is 6.10 Å². The topological polar surface area (TPSA) is 91.1 Å². The van der Waals surface area contributed by atoms with Gasteiger partial charge >= 0.3 is 0 Å². The van der Waals surface area contributed by atoms with E-state index in [9.17, 15) is 5.11 Å². The summed E-state index contributed by atoms with van der Waals surface area (Å²) >= 11 is 0. The molecule has 23 heavy (non-hydrogen) atoms. The van der Waals surface area contributed by atoms with Crippen LogP contribution in [0.4, 0.5) is 11.5 Å². The van der Waals surface area contributed by atoms with Crippen LogP contribution in [0.2, 0.25) is 0 Å². The Kier molecular flexibility index (Phi) is 3.38. The van der Waals surface area contributed by atoms with Gasteiger partial charge in [0.15, 0.2) is 0 Å². The summed E-state index contributed by atoms with van der Waals surface area (Å²) in [6.07, 6.45) is 3.10. The lowest BCUT2D eigenvalue weighted by Gasteiger charge is -2.31. The van der Waals surface area contributed by atoms with Crippen molar-refractivity contribution >= 4 is 22.5 Å². The maximum atomic E-state index is 9.92. The van der Waals surface area contributed by atoms with E-state index in [1.54, 1.807) is 6.33 Å². The molecule has 3 heterocycles. The number of aliphatic hydroxyl groups excluding tert-OH is 1. The van der Waals surface area contributed by atoms with E-state index < -0.39 is 0 Å². The van der Waals surface area contributed by atoms with Crippen LogP contribution in [-0.4, -0.2) is 39.3 Å². The van der Waals surface area contributed by atoms with Gasteiger partial charge in [-0.3, -0.25) is 0 Å². The van der Waals surface area contributed by atoms with Gasteiger partial charge in [-0.25, -0.2) is 9.97 Å². The van der Waals surface area contributed by atoms with Crippen LogP contribution in [0.1, 0.15) is 12.8 Å². The lowest BCUT2D eigenvalue weighted by Crippen LogP contribution is -2.38. The first-order chi connectivity index (χ1) is 11.2. The summed E-state index contributed by atoms with van der Waals surface area (Å²) in [6.45, 7) is 1.52. The van der Waals surface area contributed by atoms with E-state index in [2.05, 4.69) is 25.9 Å². The molecule has 3 aromatic rings. The number of hydrogen-bond acceptors (Lipinski definition) is 5. The van der Waals surface area contributed by atoms with Crippen LogP contribution in [0, 0.1) is 0 Å². The first kappa shape index (κ1) is 14.0. The highest BCUT2D eigenvalue weighted by atomic mass is 16.3. The van der Waals surface area contributed by atoms with Crippen LogP contribution in [0.25, 0.3) is 22.3 Å². The molecule has 1 atom stereocenters. The van der Waals surface area contributed by atoms with Crippen LogP contribution in [0.3, 0.4) is 0 Å². The Labute approximate surface area is 134 Å². The third kappa shape index (κ3) is 2.61. The molecule has 0 aliphatic carbocycles. The molecule has 0 radical (unpaired) electrons. The number of aromatic nitrogens is 3. The molecular weight excluding hydrogens is 290 g/mol. The van der Waals surface area contributed by atoms with Gasteiger partial charge in [-0.05, 0) is 31.0 Å². The smallest absolute Gasteiger partial charge is 0.143 e. The van der Waals surface area contributed by atoms with E-state index in [0.29, 0.717) is 6.54 Å². The number of H-pyrrole nitrogens is 1. The number of anilines is 2. The van der Waals surface area contributed by atoms with Gasteiger partial charge in [0.25, 0.3) is 0 Å². The van der Waals surface area contributed by atoms with Gasteiger partial charge in [0, 0.05) is 30.0 Å². The highest BCUT2D eigenvalue weighted by molar-refractivity contribution is 5.92. The minimum atomic E-state index is -0.291. The number of hydrogen-bond donors (Lipinski definition) is 3. The van der Waals surface area contributed by atoms with Crippen molar-refractivity contribution in [3.05, 3.63) is 36.7 Å². The molecule has 4 N–H and O–H groups in total. The summed E-state index contributed by atoms with van der Waals surface area (Å²) < 4.78 is 0. The lowest BCUT2D eigenvalue weighted by molar-refractivity contribution is 0.154. The second kappa shape index (κ2) is 5.55. The van der Waals surface area contributed by atoms with Crippen molar-refractivity contribution in [2.45, 2.75) is 18.9 Å². The Morgan fingerprint density at radius 2 is 2.17 bits per heavy atom. The van der Waals surface area contributed by atoms with Crippen molar-refractivity contribution in [3.63, 3.8) is 0 Å². The van der Waals surface area contributed by atoms with Gasteiger partial charge in [-0.15, -0.1) is 0 Å². The molecule has 118 valence electrons. The molecule has 1 unspecified atom stereocenters. The zero-order chi connectivity index (χ0) is 15.8. The molecule has 1 aliphatic heterocycles. The molecule has 0 saturated carbocycles. The SMILES string of the molecule is Nc1cccc(-c2cc3c(N4CCCC(O)C4)ncnc3[nH]2)c1. The molecule has 0 bridgehead atoms. The molecule has 2 aromatic heterocycles. The van der Waals surface area contributed by atoms with Crippen LogP contribution >= 0.6 is 0 Å². The number of aromatic amines is 1. The molecule has 1 saturated heterocycles. The average molecular weight is 309 g/mol. The number of fused-ring (bicyclic) bond motifs is 1. The highest BCUT2D eigenvalue weighted by Crippen LogP contribution is 2.30. The average Bonchev–Trinajstić information content (AvgIpc) is 2.99. The zero-order valence-corrected chi connectivity index (χ0v) is 12.7. The lowest BCUT2D eigenvalue weighted by atomic mass is 10.1. The fraction of sp³-hybridized carbons (Fsp3) is 0.294. The number of benzene rings is 1. The highest BCUT2D eigenvalue weighted by Gasteiger charge is 2.21. The Morgan fingerprint density at radius 3 is 3.00 bits per heavy atom. The predicted octanol–water partition coefficient (Wildman–Crippen LogP) is 2.17. The van der Waals surface area contributed by atoms with Crippen molar-refractivity contribution in [2.24, 2.45) is 0 Å². The minimum absolute atomic E-state index is 0.291. The van der Waals surface area contributed by atoms with E-state index in [4.69, 9.17) is 5.73 Å². The summed E-state index contributed by atoms with van der Waals surface area (Å²) in [5, 5.41) is 10.9. The van der Waals surface area contributed by atoms with E-state index in [1.165, 1.54) is 0 Å². The summed E-state index contributed by atoms with van der Waals surface area (Å²) in [5.74, 6) is 0.875. The normalized spacial score (nSPS) is 18.5. The number of nitrogen functional groups attached to an aromatic ring is 1. The van der Waals surface area contributed by atoms with Crippen LogP contribution in [0.5, 0.6) is 0 Å². The number of β-amino-alcohol motifs (C(OH)–C–C–N with tert-alkyl or cyclic N) is 1. The molecule has 0 amide bonds. The summed E-state index contributed by atoms with van der Waals surface area (Å²) in [6, 6.07) is 9.80. The Bertz CT molecular complexity index is 844. The van der Waals surface area contributed by atoms with Crippen molar-refractivity contribution in [2.75, 3.05) is 23.7 Å². The van der Waals surface area contributed by atoms with Crippen molar-refractivity contribution < 1.29 is 5.11 Å². The van der Waals surface area contributed by atoms with Crippen LogP contribution < -0.4 is 10.6 Å².